The molecule has 0 unspecified atom stereocenters. The van der Waals surface area contributed by atoms with Crippen molar-refractivity contribution in [1.29, 1.82) is 0 Å². The molecule has 1 aromatic heterocycles. The largest absolute Gasteiger partial charge is 0.463 e. The normalized spacial score (nSPS) is 11.0. The molecular formula is C27H31N3O4. The molecule has 0 saturated heterocycles. The minimum Gasteiger partial charge on any atom is -0.463 e. The van der Waals surface area contributed by atoms with E-state index in [9.17, 15) is 9.59 Å². The van der Waals surface area contributed by atoms with Crippen molar-refractivity contribution in [2.45, 2.75) is 46.8 Å². The Bertz CT molecular complexity index is 1120. The van der Waals surface area contributed by atoms with Crippen molar-refractivity contribution in [2.24, 2.45) is 0 Å². The first kappa shape index (κ1) is 24.8. The van der Waals surface area contributed by atoms with Gasteiger partial charge in [0, 0.05) is 30.1 Å². The molecular weight excluding hydrogens is 430 g/mol. The molecule has 0 fully saturated rings. The van der Waals surface area contributed by atoms with Gasteiger partial charge in [0.25, 0.3) is 0 Å². The summed E-state index contributed by atoms with van der Waals surface area (Å²) in [6.07, 6.45) is 1.68. The van der Waals surface area contributed by atoms with Crippen molar-refractivity contribution in [3.63, 3.8) is 0 Å². The summed E-state index contributed by atoms with van der Waals surface area (Å²) >= 11 is 0. The highest BCUT2D eigenvalue weighted by Crippen LogP contribution is 2.24. The first-order valence-electron chi connectivity index (χ1n) is 11.2. The molecule has 2 aromatic carbocycles. The lowest BCUT2D eigenvalue weighted by atomic mass is 10.1. The number of urea groups is 1. The van der Waals surface area contributed by atoms with Crippen LogP contribution in [0.4, 0.5) is 10.5 Å². The second-order valence-corrected chi connectivity index (χ2v) is 8.60. The summed E-state index contributed by atoms with van der Waals surface area (Å²) in [6.45, 7) is 9.86. The molecule has 0 saturated carbocycles. The second kappa shape index (κ2) is 10.8. The average molecular weight is 462 g/mol. The lowest BCUT2D eigenvalue weighted by Crippen LogP contribution is -2.39. The van der Waals surface area contributed by atoms with Crippen LogP contribution in [-0.2, 0) is 16.1 Å². The van der Waals surface area contributed by atoms with Crippen LogP contribution in [0.25, 0.3) is 11.1 Å². The van der Waals surface area contributed by atoms with Crippen LogP contribution in [0.1, 0.15) is 37.5 Å². The molecule has 0 aliphatic heterocycles. The highest BCUT2D eigenvalue weighted by atomic mass is 16.6. The highest BCUT2D eigenvalue weighted by Gasteiger charge is 2.32. The number of nitrogens with zero attached hydrogens (tertiary/aromatic N) is 1. The van der Waals surface area contributed by atoms with E-state index in [0.29, 0.717) is 18.1 Å². The van der Waals surface area contributed by atoms with Crippen LogP contribution in [0.3, 0.4) is 0 Å². The molecule has 0 spiro atoms. The zero-order chi connectivity index (χ0) is 24.7. The van der Waals surface area contributed by atoms with Crippen molar-refractivity contribution in [3.05, 3.63) is 77.5 Å². The third kappa shape index (κ3) is 6.81. The van der Waals surface area contributed by atoms with Crippen LogP contribution in [0.2, 0.25) is 0 Å². The van der Waals surface area contributed by atoms with Gasteiger partial charge in [0.05, 0.1) is 6.61 Å². The summed E-state index contributed by atoms with van der Waals surface area (Å²) in [6, 6.07) is 17.0. The molecule has 0 bridgehead atoms. The van der Waals surface area contributed by atoms with Gasteiger partial charge in [-0.1, -0.05) is 41.5 Å². The second-order valence-electron chi connectivity index (χ2n) is 8.60. The number of carbonyl (C=O) groups excluding carboxylic acids is 2. The minimum atomic E-state index is -1.13. The number of nitrogens with one attached hydrogen (secondary N) is 2. The van der Waals surface area contributed by atoms with E-state index >= 15 is 0 Å². The Morgan fingerprint density at radius 2 is 1.59 bits per heavy atom. The quantitative estimate of drug-likeness (QED) is 0.438. The van der Waals surface area contributed by atoms with Crippen molar-refractivity contribution < 1.29 is 19.1 Å². The van der Waals surface area contributed by atoms with Gasteiger partial charge in [-0.15, -0.1) is 0 Å². The Kier molecular flexibility index (Phi) is 7.89. The molecule has 3 rings (SSSR count). The van der Waals surface area contributed by atoms with E-state index in [4.69, 9.17) is 9.47 Å². The van der Waals surface area contributed by atoms with Gasteiger partial charge in [0.15, 0.2) is 0 Å². The Labute approximate surface area is 200 Å². The maximum atomic E-state index is 12.3. The lowest BCUT2D eigenvalue weighted by Gasteiger charge is -2.23. The zero-order valence-electron chi connectivity index (χ0n) is 20.3. The smallest absolute Gasteiger partial charge is 0.349 e. The van der Waals surface area contributed by atoms with E-state index in [1.807, 2.05) is 44.2 Å². The van der Waals surface area contributed by atoms with Crippen LogP contribution in [0, 0.1) is 13.8 Å². The number of benzene rings is 2. The molecule has 34 heavy (non-hydrogen) atoms. The lowest BCUT2D eigenvalue weighted by molar-refractivity contribution is -0.158. The summed E-state index contributed by atoms with van der Waals surface area (Å²) in [5.74, 6) is -0.109. The van der Waals surface area contributed by atoms with E-state index in [2.05, 4.69) is 33.8 Å². The molecule has 0 aliphatic carbocycles. The van der Waals surface area contributed by atoms with Gasteiger partial charge in [0.1, 0.15) is 0 Å². The van der Waals surface area contributed by atoms with E-state index in [-0.39, 0.29) is 12.6 Å². The molecule has 2 amide bonds. The van der Waals surface area contributed by atoms with Crippen LogP contribution in [0.5, 0.6) is 5.88 Å². The topological polar surface area (TPSA) is 89.5 Å². The number of pyridine rings is 1. The molecule has 0 radical (unpaired) electrons. The van der Waals surface area contributed by atoms with E-state index in [0.717, 1.165) is 16.7 Å². The maximum absolute atomic E-state index is 12.3. The monoisotopic (exact) mass is 461 g/mol. The standard InChI is InChI=1S/C27H31N3O4/c1-6-33-25(31)27(4,5)34-24-12-9-22(17-28-24)21-7-10-23(11-8-21)30-26(32)29-16-20-14-18(2)13-19(3)15-20/h7-15,17H,6,16H2,1-5H3,(H2,29,30,32). The van der Waals surface area contributed by atoms with E-state index in [1.165, 1.54) is 11.1 Å². The maximum Gasteiger partial charge on any atom is 0.349 e. The first-order valence-corrected chi connectivity index (χ1v) is 11.2. The van der Waals surface area contributed by atoms with E-state index in [1.54, 1.807) is 33.0 Å². The predicted octanol–water partition coefficient (Wildman–Crippen LogP) is 5.41. The Morgan fingerprint density at radius 1 is 0.941 bits per heavy atom. The number of rotatable bonds is 8. The summed E-state index contributed by atoms with van der Waals surface area (Å²) in [5, 5.41) is 5.73. The summed E-state index contributed by atoms with van der Waals surface area (Å²) < 4.78 is 10.7. The van der Waals surface area contributed by atoms with Gasteiger partial charge in [-0.2, -0.15) is 0 Å². The SMILES string of the molecule is CCOC(=O)C(C)(C)Oc1ccc(-c2ccc(NC(=O)NCc3cc(C)cc(C)c3)cc2)cn1. The van der Waals surface area contributed by atoms with Crippen molar-refractivity contribution in [2.75, 3.05) is 11.9 Å². The molecule has 1 heterocycles. The van der Waals surface area contributed by atoms with Gasteiger partial charge < -0.3 is 20.1 Å². The fourth-order valence-electron chi connectivity index (χ4n) is 3.49. The average Bonchev–Trinajstić information content (AvgIpc) is 2.78. The molecule has 2 N–H and O–H groups in total. The van der Waals surface area contributed by atoms with Gasteiger partial charge in [-0.3, -0.25) is 0 Å². The number of carbonyl (C=O) groups is 2. The number of amides is 2. The van der Waals surface area contributed by atoms with Gasteiger partial charge >= 0.3 is 12.0 Å². The number of aromatic nitrogens is 1. The third-order valence-electron chi connectivity index (χ3n) is 5.07. The first-order chi connectivity index (χ1) is 16.2. The Balaban J connectivity index is 1.56. The number of esters is 1. The Hall–Kier alpha value is -3.87. The van der Waals surface area contributed by atoms with Crippen LogP contribution >= 0.6 is 0 Å². The molecule has 0 atom stereocenters. The molecule has 7 nitrogen and oxygen atoms in total. The summed E-state index contributed by atoms with van der Waals surface area (Å²) in [4.78, 5) is 28.6. The van der Waals surface area contributed by atoms with Crippen LogP contribution in [-0.4, -0.2) is 29.2 Å². The molecule has 3 aromatic rings. The third-order valence-corrected chi connectivity index (χ3v) is 5.07. The molecule has 0 aliphatic rings. The fourth-order valence-corrected chi connectivity index (χ4v) is 3.49. The fraction of sp³-hybridized carbons (Fsp3) is 0.296. The van der Waals surface area contributed by atoms with Crippen LogP contribution < -0.4 is 15.4 Å². The number of ether oxygens (including phenoxy) is 2. The van der Waals surface area contributed by atoms with Gasteiger partial charge in [0.2, 0.25) is 11.5 Å². The van der Waals surface area contributed by atoms with E-state index < -0.39 is 11.6 Å². The minimum absolute atomic E-state index is 0.265. The molecule has 7 heteroatoms. The number of hydrogen-bond donors (Lipinski definition) is 2. The highest BCUT2D eigenvalue weighted by molar-refractivity contribution is 5.89. The zero-order valence-corrected chi connectivity index (χ0v) is 20.3. The van der Waals surface area contributed by atoms with Crippen molar-refractivity contribution in [3.8, 4) is 17.0 Å². The van der Waals surface area contributed by atoms with Crippen molar-refractivity contribution >= 4 is 17.7 Å². The number of hydrogen-bond acceptors (Lipinski definition) is 5. The number of aryl methyl sites for hydroxylation is 2. The van der Waals surface area contributed by atoms with Gasteiger partial charge in [-0.25, -0.2) is 14.6 Å². The van der Waals surface area contributed by atoms with Crippen molar-refractivity contribution in [1.82, 2.24) is 10.3 Å². The van der Waals surface area contributed by atoms with Gasteiger partial charge in [-0.05, 0) is 63.9 Å². The Morgan fingerprint density at radius 3 is 2.18 bits per heavy atom. The summed E-state index contributed by atoms with van der Waals surface area (Å²) in [5.41, 5.74) is 4.78. The summed E-state index contributed by atoms with van der Waals surface area (Å²) in [7, 11) is 0. The predicted molar refractivity (Wildman–Crippen MR) is 133 cm³/mol. The number of anilines is 1. The van der Waals surface area contributed by atoms with Crippen LogP contribution in [0.15, 0.2) is 60.8 Å². The molecule has 178 valence electrons.